The average Bonchev–Trinajstić information content (AvgIpc) is 2.52. The third-order valence-corrected chi connectivity index (χ3v) is 5.24. The number of sulfonamides is 1. The number of benzene rings is 1. The highest BCUT2D eigenvalue weighted by Gasteiger charge is 2.42. The van der Waals surface area contributed by atoms with Gasteiger partial charge < -0.3 is 4.84 Å². The number of hydrogen-bond acceptors (Lipinski definition) is 4. The largest absolute Gasteiger partial charge is 0.305 e. The summed E-state index contributed by atoms with van der Waals surface area (Å²) in [7, 11) is -2.06. The number of nitrogens with one attached hydrogen (secondary N) is 2. The highest BCUT2D eigenvalue weighted by molar-refractivity contribution is 7.99. The van der Waals surface area contributed by atoms with Crippen molar-refractivity contribution in [2.24, 2.45) is 0 Å². The fraction of sp³-hybridized carbons (Fsp3) is 0.385. The molecule has 1 aromatic carbocycles. The number of hydroxylamine groups is 1. The van der Waals surface area contributed by atoms with E-state index in [4.69, 9.17) is 16.4 Å². The summed E-state index contributed by atoms with van der Waals surface area (Å²) >= 11 is 5.85. The molecule has 20 heavy (non-hydrogen) atoms. The normalized spacial score (nSPS) is 20.4. The Kier molecular flexibility index (Phi) is 4.22. The molecule has 0 saturated carbocycles. The van der Waals surface area contributed by atoms with E-state index in [9.17, 15) is 8.42 Å². The molecule has 2 rings (SSSR count). The molecule has 0 bridgehead atoms. The van der Waals surface area contributed by atoms with E-state index in [1.165, 1.54) is 7.11 Å². The van der Waals surface area contributed by atoms with Gasteiger partial charge in [0.25, 0.3) is 0 Å². The standard InChI is InChI=1S/C13H17ClN2O3S/c1-13(2)11(8-15-19-3)12(20(17,18)16-13)9-4-6-10(14)7-5-9/h4-7,15-16H,8H2,1-3H3. The van der Waals surface area contributed by atoms with Crippen LogP contribution >= 0.6 is 11.6 Å². The van der Waals surface area contributed by atoms with Gasteiger partial charge in [0.1, 0.15) is 0 Å². The molecule has 0 radical (unpaired) electrons. The van der Waals surface area contributed by atoms with E-state index in [0.29, 0.717) is 17.1 Å². The lowest BCUT2D eigenvalue weighted by atomic mass is 9.93. The topological polar surface area (TPSA) is 67.4 Å². The zero-order valence-electron chi connectivity index (χ0n) is 11.5. The van der Waals surface area contributed by atoms with Crippen molar-refractivity contribution in [3.8, 4) is 0 Å². The van der Waals surface area contributed by atoms with Crippen LogP contribution in [-0.2, 0) is 14.9 Å². The van der Waals surface area contributed by atoms with E-state index in [2.05, 4.69) is 10.2 Å². The molecule has 1 aromatic rings. The first-order chi connectivity index (χ1) is 9.28. The lowest BCUT2D eigenvalue weighted by Gasteiger charge is -2.21. The van der Waals surface area contributed by atoms with E-state index in [0.717, 1.165) is 5.57 Å². The molecule has 0 spiro atoms. The summed E-state index contributed by atoms with van der Waals surface area (Å²) in [5.74, 6) is 0. The van der Waals surface area contributed by atoms with Crippen LogP contribution < -0.4 is 10.2 Å². The van der Waals surface area contributed by atoms with Crippen molar-refractivity contribution >= 4 is 26.5 Å². The third-order valence-electron chi connectivity index (χ3n) is 3.19. The van der Waals surface area contributed by atoms with Gasteiger partial charge in [0, 0.05) is 11.6 Å². The van der Waals surface area contributed by atoms with Crippen molar-refractivity contribution in [2.75, 3.05) is 13.7 Å². The van der Waals surface area contributed by atoms with Crippen LogP contribution in [0, 0.1) is 0 Å². The van der Waals surface area contributed by atoms with Gasteiger partial charge in [0.15, 0.2) is 0 Å². The summed E-state index contributed by atoms with van der Waals surface area (Å²) in [5.41, 5.74) is 3.37. The molecule has 0 aliphatic carbocycles. The molecule has 2 N–H and O–H groups in total. The summed E-state index contributed by atoms with van der Waals surface area (Å²) in [6.45, 7) is 3.95. The molecule has 7 heteroatoms. The second kappa shape index (κ2) is 5.46. The van der Waals surface area contributed by atoms with Gasteiger partial charge in [0.05, 0.1) is 17.6 Å². The van der Waals surface area contributed by atoms with Crippen molar-refractivity contribution in [1.29, 1.82) is 0 Å². The first kappa shape index (κ1) is 15.5. The van der Waals surface area contributed by atoms with Crippen LogP contribution in [0.2, 0.25) is 5.02 Å². The van der Waals surface area contributed by atoms with Gasteiger partial charge in [-0.25, -0.2) is 13.1 Å². The summed E-state index contributed by atoms with van der Waals surface area (Å²) in [5, 5.41) is 0.563. The molecule has 0 amide bonds. The molecule has 0 aromatic heterocycles. The van der Waals surface area contributed by atoms with Crippen molar-refractivity contribution in [2.45, 2.75) is 19.4 Å². The van der Waals surface area contributed by atoms with Gasteiger partial charge in [-0.1, -0.05) is 23.7 Å². The fourth-order valence-electron chi connectivity index (χ4n) is 2.27. The van der Waals surface area contributed by atoms with Gasteiger partial charge in [-0.05, 0) is 37.1 Å². The summed E-state index contributed by atoms with van der Waals surface area (Å²) < 4.78 is 27.4. The Labute approximate surface area is 124 Å². The lowest BCUT2D eigenvalue weighted by molar-refractivity contribution is 0.0971. The molecule has 1 aliphatic rings. The number of rotatable bonds is 4. The van der Waals surface area contributed by atoms with Crippen molar-refractivity contribution < 1.29 is 13.3 Å². The molecule has 0 atom stereocenters. The molecule has 110 valence electrons. The fourth-order valence-corrected chi connectivity index (χ4v) is 4.39. The lowest BCUT2D eigenvalue weighted by Crippen LogP contribution is -2.40. The van der Waals surface area contributed by atoms with E-state index < -0.39 is 15.6 Å². The highest BCUT2D eigenvalue weighted by atomic mass is 35.5. The SMILES string of the molecule is CONCC1=C(c2ccc(Cl)cc2)S(=O)(=O)NC1(C)C. The van der Waals surface area contributed by atoms with Crippen molar-refractivity contribution in [3.63, 3.8) is 0 Å². The summed E-state index contributed by atoms with van der Waals surface area (Å²) in [6.07, 6.45) is 0. The first-order valence-electron chi connectivity index (χ1n) is 6.07. The molecule has 1 heterocycles. The monoisotopic (exact) mass is 316 g/mol. The zero-order valence-corrected chi connectivity index (χ0v) is 13.1. The molecule has 0 saturated heterocycles. The Morgan fingerprint density at radius 3 is 2.45 bits per heavy atom. The molecular formula is C13H17ClN2O3S. The Morgan fingerprint density at radius 1 is 1.30 bits per heavy atom. The summed E-state index contributed by atoms with van der Waals surface area (Å²) in [4.78, 5) is 5.12. The molecular weight excluding hydrogens is 300 g/mol. The van der Waals surface area contributed by atoms with Gasteiger partial charge >= 0.3 is 0 Å². The van der Waals surface area contributed by atoms with Gasteiger partial charge in [-0.3, -0.25) is 0 Å². The number of hydrogen-bond donors (Lipinski definition) is 2. The zero-order chi connectivity index (χ0) is 15.0. The van der Waals surface area contributed by atoms with Gasteiger partial charge in [0.2, 0.25) is 10.0 Å². The molecule has 0 unspecified atom stereocenters. The Balaban J connectivity index is 2.59. The van der Waals surface area contributed by atoms with Crippen LogP contribution in [0.15, 0.2) is 29.8 Å². The maximum absolute atomic E-state index is 12.4. The highest BCUT2D eigenvalue weighted by Crippen LogP contribution is 2.37. The van der Waals surface area contributed by atoms with E-state index >= 15 is 0 Å². The molecule has 1 aliphatic heterocycles. The predicted octanol–water partition coefficient (Wildman–Crippen LogP) is 1.91. The Bertz CT molecular complexity index is 636. The smallest absolute Gasteiger partial charge is 0.242 e. The maximum atomic E-state index is 12.4. The quantitative estimate of drug-likeness (QED) is 0.833. The minimum Gasteiger partial charge on any atom is -0.305 e. The van der Waals surface area contributed by atoms with Crippen LogP contribution in [0.5, 0.6) is 0 Å². The molecule has 5 nitrogen and oxygen atoms in total. The van der Waals surface area contributed by atoms with E-state index in [-0.39, 0.29) is 4.91 Å². The average molecular weight is 317 g/mol. The Hall–Kier alpha value is -0.920. The van der Waals surface area contributed by atoms with Crippen molar-refractivity contribution in [3.05, 3.63) is 40.4 Å². The van der Waals surface area contributed by atoms with E-state index in [1.54, 1.807) is 24.3 Å². The van der Waals surface area contributed by atoms with Crippen LogP contribution in [0.4, 0.5) is 0 Å². The summed E-state index contributed by atoms with van der Waals surface area (Å²) in [6, 6.07) is 6.74. The maximum Gasteiger partial charge on any atom is 0.242 e. The van der Waals surface area contributed by atoms with Crippen LogP contribution in [0.25, 0.3) is 4.91 Å². The second-order valence-electron chi connectivity index (χ2n) is 5.07. The van der Waals surface area contributed by atoms with Crippen LogP contribution in [-0.4, -0.2) is 27.6 Å². The third kappa shape index (κ3) is 2.89. The van der Waals surface area contributed by atoms with Crippen LogP contribution in [0.1, 0.15) is 19.4 Å². The van der Waals surface area contributed by atoms with Gasteiger partial charge in [-0.2, -0.15) is 5.48 Å². The van der Waals surface area contributed by atoms with Gasteiger partial charge in [-0.15, -0.1) is 0 Å². The van der Waals surface area contributed by atoms with Crippen molar-refractivity contribution in [1.82, 2.24) is 10.2 Å². The minimum atomic E-state index is -3.55. The molecule has 0 fully saturated rings. The second-order valence-corrected chi connectivity index (χ2v) is 7.13. The Morgan fingerprint density at radius 2 is 1.90 bits per heavy atom. The van der Waals surface area contributed by atoms with Crippen LogP contribution in [0.3, 0.4) is 0 Å². The first-order valence-corrected chi connectivity index (χ1v) is 7.93. The van der Waals surface area contributed by atoms with E-state index in [1.807, 2.05) is 13.8 Å². The predicted molar refractivity (Wildman–Crippen MR) is 79.5 cm³/mol. The number of halogens is 1. The minimum absolute atomic E-state index is 0.281.